The second kappa shape index (κ2) is 9.32. The Balaban J connectivity index is 1.46. The van der Waals surface area contributed by atoms with Crippen LogP contribution in [-0.2, 0) is 30.3 Å². The van der Waals surface area contributed by atoms with Gasteiger partial charge in [0.15, 0.2) is 12.1 Å². The van der Waals surface area contributed by atoms with Gasteiger partial charge >= 0.3 is 5.97 Å². The number of benzene rings is 2. The predicted octanol–water partition coefficient (Wildman–Crippen LogP) is 4.58. The number of ether oxygens (including phenoxy) is 5. The normalized spacial score (nSPS) is 29.4. The highest BCUT2D eigenvalue weighted by Gasteiger charge is 2.62. The lowest BCUT2D eigenvalue weighted by molar-refractivity contribution is -0.183. The first-order valence-corrected chi connectivity index (χ1v) is 11.1. The Morgan fingerprint density at radius 3 is 2.34 bits per heavy atom. The number of carbonyl (C=O) groups is 1. The topological polar surface area (TPSA) is 63.2 Å². The van der Waals surface area contributed by atoms with Crippen LogP contribution in [0.2, 0.25) is 0 Å². The maximum Gasteiger partial charge on any atom is 0.338 e. The summed E-state index contributed by atoms with van der Waals surface area (Å²) in [7, 11) is 1.62. The number of esters is 1. The molecule has 2 fully saturated rings. The molecule has 0 aromatic heterocycles. The molecule has 2 aliphatic rings. The number of hydrogen-bond acceptors (Lipinski definition) is 6. The Hall–Kier alpha value is -2.25. The van der Waals surface area contributed by atoms with Gasteiger partial charge in [0.1, 0.15) is 6.10 Å². The van der Waals surface area contributed by atoms with Crippen LogP contribution >= 0.6 is 0 Å². The van der Waals surface area contributed by atoms with Crippen molar-refractivity contribution >= 4 is 5.97 Å². The first-order chi connectivity index (χ1) is 15.3. The zero-order chi connectivity index (χ0) is 22.8. The molecule has 6 heteroatoms. The monoisotopic (exact) mass is 440 g/mol. The third-order valence-corrected chi connectivity index (χ3v) is 6.42. The summed E-state index contributed by atoms with van der Waals surface area (Å²) in [6, 6.07) is 19.1. The first kappa shape index (κ1) is 22.9. The van der Waals surface area contributed by atoms with Crippen molar-refractivity contribution in [3.8, 4) is 0 Å². The molecular formula is C26H32O6. The molecule has 0 N–H and O–H groups in total. The SMILES string of the molecule is COC1OC(C)(C)OC1[C@H](OCc1ccccc1)C1(C)C[C@@H]1COC(=O)c1ccccc1. The Morgan fingerprint density at radius 1 is 1.03 bits per heavy atom. The van der Waals surface area contributed by atoms with Gasteiger partial charge in [-0.25, -0.2) is 4.79 Å². The van der Waals surface area contributed by atoms with Crippen molar-refractivity contribution in [2.45, 2.75) is 58.1 Å². The van der Waals surface area contributed by atoms with Crippen molar-refractivity contribution < 1.29 is 28.5 Å². The van der Waals surface area contributed by atoms with E-state index in [-0.39, 0.29) is 23.4 Å². The summed E-state index contributed by atoms with van der Waals surface area (Å²) in [4.78, 5) is 12.4. The van der Waals surface area contributed by atoms with Crippen molar-refractivity contribution in [3.05, 3.63) is 71.8 Å². The zero-order valence-electron chi connectivity index (χ0n) is 19.2. The Labute approximate surface area is 189 Å². The molecule has 0 amide bonds. The number of carbonyl (C=O) groups excluding carboxylic acids is 1. The van der Waals surface area contributed by atoms with Crippen molar-refractivity contribution in [3.63, 3.8) is 0 Å². The van der Waals surface area contributed by atoms with Gasteiger partial charge in [0, 0.05) is 18.4 Å². The van der Waals surface area contributed by atoms with E-state index in [2.05, 4.69) is 6.92 Å². The molecule has 6 nitrogen and oxygen atoms in total. The van der Waals surface area contributed by atoms with Crippen LogP contribution in [0, 0.1) is 11.3 Å². The molecule has 2 aromatic rings. The zero-order valence-corrected chi connectivity index (χ0v) is 19.2. The second-order valence-corrected chi connectivity index (χ2v) is 9.29. The smallest absolute Gasteiger partial charge is 0.338 e. The predicted molar refractivity (Wildman–Crippen MR) is 119 cm³/mol. The largest absolute Gasteiger partial charge is 0.462 e. The molecule has 0 bridgehead atoms. The highest BCUT2D eigenvalue weighted by atomic mass is 16.8. The van der Waals surface area contributed by atoms with Crippen LogP contribution in [0.1, 0.15) is 43.1 Å². The third kappa shape index (κ3) is 5.04. The molecule has 1 heterocycles. The van der Waals surface area contributed by atoms with E-state index in [0.29, 0.717) is 18.8 Å². The quantitative estimate of drug-likeness (QED) is 0.532. The van der Waals surface area contributed by atoms with E-state index < -0.39 is 18.2 Å². The number of methoxy groups -OCH3 is 1. The van der Waals surface area contributed by atoms with Crippen LogP contribution < -0.4 is 0 Å². The molecule has 1 saturated carbocycles. The van der Waals surface area contributed by atoms with Gasteiger partial charge in [0.05, 0.1) is 24.9 Å². The molecule has 0 radical (unpaired) electrons. The summed E-state index contributed by atoms with van der Waals surface area (Å²) in [6.07, 6.45) is -0.338. The van der Waals surface area contributed by atoms with Crippen LogP contribution in [-0.4, -0.2) is 44.0 Å². The minimum atomic E-state index is -0.764. The fourth-order valence-corrected chi connectivity index (χ4v) is 4.47. The van der Waals surface area contributed by atoms with Gasteiger partial charge in [-0.1, -0.05) is 55.5 Å². The van der Waals surface area contributed by atoms with E-state index in [1.807, 2.05) is 62.4 Å². The van der Waals surface area contributed by atoms with Gasteiger partial charge < -0.3 is 23.7 Å². The van der Waals surface area contributed by atoms with Crippen LogP contribution in [0.4, 0.5) is 0 Å². The van der Waals surface area contributed by atoms with Crippen molar-refractivity contribution in [1.29, 1.82) is 0 Å². The molecule has 1 aliphatic carbocycles. The van der Waals surface area contributed by atoms with Crippen LogP contribution in [0.15, 0.2) is 60.7 Å². The van der Waals surface area contributed by atoms with Gasteiger partial charge in [-0.2, -0.15) is 0 Å². The van der Waals surface area contributed by atoms with Gasteiger partial charge in [-0.05, 0) is 38.0 Å². The number of rotatable bonds is 9. The summed E-state index contributed by atoms with van der Waals surface area (Å²) in [5, 5.41) is 0. The van der Waals surface area contributed by atoms with E-state index in [0.717, 1.165) is 12.0 Å². The first-order valence-electron chi connectivity index (χ1n) is 11.1. The molecule has 2 aromatic carbocycles. The summed E-state index contributed by atoms with van der Waals surface area (Å²) in [5.41, 5.74) is 1.41. The minimum Gasteiger partial charge on any atom is -0.462 e. The Bertz CT molecular complexity index is 899. The summed E-state index contributed by atoms with van der Waals surface area (Å²) in [6.45, 7) is 6.70. The van der Waals surface area contributed by atoms with Crippen LogP contribution in [0.25, 0.3) is 0 Å². The van der Waals surface area contributed by atoms with E-state index in [1.165, 1.54) is 0 Å². The standard InChI is InChI=1S/C26H32O6/c1-25(2)31-21(24(28-4)32-25)22(29-16-18-11-7-5-8-12-18)26(3)15-20(26)17-30-23(27)19-13-9-6-10-14-19/h5-14,20-22,24H,15-17H2,1-4H3/t20-,21?,22+,24?,26?/m1/s1. The molecule has 1 aliphatic heterocycles. The third-order valence-electron chi connectivity index (χ3n) is 6.42. The molecule has 0 spiro atoms. The van der Waals surface area contributed by atoms with E-state index in [4.69, 9.17) is 23.7 Å². The van der Waals surface area contributed by atoms with E-state index in [1.54, 1.807) is 19.2 Å². The van der Waals surface area contributed by atoms with E-state index >= 15 is 0 Å². The highest BCUT2D eigenvalue weighted by molar-refractivity contribution is 5.89. The average Bonchev–Trinajstić information content (AvgIpc) is 3.35. The molecular weight excluding hydrogens is 408 g/mol. The lowest BCUT2D eigenvalue weighted by Crippen LogP contribution is -2.44. The second-order valence-electron chi connectivity index (χ2n) is 9.29. The van der Waals surface area contributed by atoms with Crippen molar-refractivity contribution in [1.82, 2.24) is 0 Å². The molecule has 5 atom stereocenters. The van der Waals surface area contributed by atoms with Crippen LogP contribution in [0.3, 0.4) is 0 Å². The molecule has 172 valence electrons. The summed E-state index contributed by atoms with van der Waals surface area (Å²) < 4.78 is 29.9. The highest BCUT2D eigenvalue weighted by Crippen LogP contribution is 2.58. The molecule has 32 heavy (non-hydrogen) atoms. The minimum absolute atomic E-state index is 0.167. The molecule has 3 unspecified atom stereocenters. The lowest BCUT2D eigenvalue weighted by atomic mass is 9.93. The van der Waals surface area contributed by atoms with Crippen LogP contribution in [0.5, 0.6) is 0 Å². The summed E-state index contributed by atoms with van der Waals surface area (Å²) in [5.74, 6) is -0.904. The molecule has 4 rings (SSSR count). The fourth-order valence-electron chi connectivity index (χ4n) is 4.47. The van der Waals surface area contributed by atoms with Gasteiger partial charge in [-0.15, -0.1) is 0 Å². The molecule has 1 saturated heterocycles. The number of hydrogen-bond donors (Lipinski definition) is 0. The van der Waals surface area contributed by atoms with Crippen molar-refractivity contribution in [2.24, 2.45) is 11.3 Å². The fraction of sp³-hybridized carbons (Fsp3) is 0.500. The van der Waals surface area contributed by atoms with E-state index in [9.17, 15) is 4.79 Å². The maximum absolute atomic E-state index is 12.4. The Morgan fingerprint density at radius 2 is 1.69 bits per heavy atom. The van der Waals surface area contributed by atoms with Gasteiger partial charge in [-0.3, -0.25) is 0 Å². The van der Waals surface area contributed by atoms with Crippen molar-refractivity contribution in [2.75, 3.05) is 13.7 Å². The maximum atomic E-state index is 12.4. The average molecular weight is 441 g/mol. The van der Waals surface area contributed by atoms with Gasteiger partial charge in [0.2, 0.25) is 0 Å². The lowest BCUT2D eigenvalue weighted by Gasteiger charge is -2.32. The summed E-state index contributed by atoms with van der Waals surface area (Å²) >= 11 is 0. The van der Waals surface area contributed by atoms with Gasteiger partial charge in [0.25, 0.3) is 0 Å². The Kier molecular flexibility index (Phi) is 6.67.